The van der Waals surface area contributed by atoms with Crippen LogP contribution in [0, 0.1) is 0 Å². The highest BCUT2D eigenvalue weighted by atomic mass is 35.5. The van der Waals surface area contributed by atoms with Crippen LogP contribution in [-0.2, 0) is 10.0 Å². The Bertz CT molecular complexity index is 823. The molecule has 2 aromatic carbocycles. The number of hydrogen-bond acceptors (Lipinski definition) is 4. The van der Waals surface area contributed by atoms with Gasteiger partial charge in [-0.1, -0.05) is 23.7 Å². The number of fused-ring (bicyclic) bond motifs is 1. The maximum atomic E-state index is 13.0. The summed E-state index contributed by atoms with van der Waals surface area (Å²) in [7, 11) is -3.75. The Balaban J connectivity index is 2.04. The zero-order chi connectivity index (χ0) is 16.4. The van der Waals surface area contributed by atoms with Gasteiger partial charge in [-0.2, -0.15) is 0 Å². The van der Waals surface area contributed by atoms with Crippen molar-refractivity contribution in [2.75, 3.05) is 24.1 Å². The summed E-state index contributed by atoms with van der Waals surface area (Å²) in [6.07, 6.45) is 0. The molecule has 2 aromatic rings. The summed E-state index contributed by atoms with van der Waals surface area (Å²) < 4.78 is 38.1. The summed E-state index contributed by atoms with van der Waals surface area (Å²) in [6.45, 7) is 2.89. The van der Waals surface area contributed by atoms with E-state index in [1.807, 2.05) is 0 Å². The first-order chi connectivity index (χ1) is 11.0. The number of nitrogens with zero attached hydrogens (tertiary/aromatic N) is 1. The van der Waals surface area contributed by atoms with Gasteiger partial charge in [0.25, 0.3) is 10.0 Å². The summed E-state index contributed by atoms with van der Waals surface area (Å²) in [6, 6.07) is 11.5. The van der Waals surface area contributed by atoms with E-state index in [0.29, 0.717) is 35.4 Å². The van der Waals surface area contributed by atoms with E-state index in [1.165, 1.54) is 16.4 Å². The van der Waals surface area contributed by atoms with Crippen molar-refractivity contribution in [1.82, 2.24) is 0 Å². The van der Waals surface area contributed by atoms with E-state index >= 15 is 0 Å². The lowest BCUT2D eigenvalue weighted by atomic mass is 10.3. The first-order valence-electron chi connectivity index (χ1n) is 7.21. The molecule has 1 heterocycles. The molecule has 5 nitrogen and oxygen atoms in total. The maximum Gasteiger partial charge on any atom is 0.264 e. The molecule has 3 rings (SSSR count). The quantitative estimate of drug-likeness (QED) is 0.846. The summed E-state index contributed by atoms with van der Waals surface area (Å²) >= 11 is 6.16. The number of hydrogen-bond donors (Lipinski definition) is 0. The van der Waals surface area contributed by atoms with E-state index in [9.17, 15) is 8.42 Å². The predicted octanol–water partition coefficient (Wildman–Crippen LogP) is 3.33. The first kappa shape index (κ1) is 16.0. The molecule has 0 N–H and O–H groups in total. The monoisotopic (exact) mass is 353 g/mol. The zero-order valence-corrected chi connectivity index (χ0v) is 14.1. The smallest absolute Gasteiger partial charge is 0.264 e. The molecule has 1 aliphatic heterocycles. The van der Waals surface area contributed by atoms with Crippen molar-refractivity contribution in [1.29, 1.82) is 0 Å². The van der Waals surface area contributed by atoms with Crippen molar-refractivity contribution in [2.24, 2.45) is 0 Å². The minimum atomic E-state index is -3.75. The van der Waals surface area contributed by atoms with Gasteiger partial charge in [-0.15, -0.1) is 0 Å². The lowest BCUT2D eigenvalue weighted by Crippen LogP contribution is -2.31. The first-order valence-corrected chi connectivity index (χ1v) is 9.02. The predicted molar refractivity (Wildman–Crippen MR) is 89.1 cm³/mol. The van der Waals surface area contributed by atoms with Crippen LogP contribution < -0.4 is 13.8 Å². The molecule has 0 atom stereocenters. The van der Waals surface area contributed by atoms with Crippen LogP contribution in [0.4, 0.5) is 5.69 Å². The average Bonchev–Trinajstić information content (AvgIpc) is 2.56. The normalized spacial score (nSPS) is 13.7. The minimum Gasteiger partial charge on any atom is -0.486 e. The molecule has 0 saturated carbocycles. The second-order valence-electron chi connectivity index (χ2n) is 4.93. The molecule has 0 radical (unpaired) electrons. The third-order valence-corrected chi connectivity index (χ3v) is 5.71. The van der Waals surface area contributed by atoms with Crippen LogP contribution in [0.2, 0.25) is 5.02 Å². The van der Waals surface area contributed by atoms with E-state index < -0.39 is 10.0 Å². The number of halogens is 1. The van der Waals surface area contributed by atoms with Gasteiger partial charge < -0.3 is 9.47 Å². The molecule has 7 heteroatoms. The molecule has 0 spiro atoms. The van der Waals surface area contributed by atoms with Crippen LogP contribution >= 0.6 is 11.6 Å². The number of ether oxygens (including phenoxy) is 2. The number of rotatable bonds is 4. The Kier molecular flexibility index (Phi) is 4.37. The molecule has 1 aliphatic rings. The fraction of sp³-hybridized carbons (Fsp3) is 0.250. The Hall–Kier alpha value is -1.92. The van der Waals surface area contributed by atoms with Crippen molar-refractivity contribution in [3.63, 3.8) is 0 Å². The highest BCUT2D eigenvalue weighted by molar-refractivity contribution is 7.92. The Morgan fingerprint density at radius 1 is 1.09 bits per heavy atom. The lowest BCUT2D eigenvalue weighted by molar-refractivity contribution is 0.171. The molecule has 0 amide bonds. The van der Waals surface area contributed by atoms with Gasteiger partial charge >= 0.3 is 0 Å². The van der Waals surface area contributed by atoms with E-state index in [-0.39, 0.29) is 11.4 Å². The molecule has 23 heavy (non-hydrogen) atoms. The second-order valence-corrected chi connectivity index (χ2v) is 7.20. The third-order valence-electron chi connectivity index (χ3n) is 3.51. The number of para-hydroxylation sites is 1. The van der Waals surface area contributed by atoms with Gasteiger partial charge in [0.2, 0.25) is 0 Å². The minimum absolute atomic E-state index is 0.142. The van der Waals surface area contributed by atoms with E-state index in [1.54, 1.807) is 37.3 Å². The topological polar surface area (TPSA) is 55.8 Å². The highest BCUT2D eigenvalue weighted by Gasteiger charge is 2.27. The van der Waals surface area contributed by atoms with Gasteiger partial charge in [0.05, 0.1) is 15.6 Å². The van der Waals surface area contributed by atoms with E-state index in [2.05, 4.69) is 0 Å². The maximum absolute atomic E-state index is 13.0. The van der Waals surface area contributed by atoms with Crippen LogP contribution in [0.25, 0.3) is 0 Å². The largest absolute Gasteiger partial charge is 0.486 e. The van der Waals surface area contributed by atoms with E-state index in [4.69, 9.17) is 21.1 Å². The van der Waals surface area contributed by atoms with Gasteiger partial charge in [-0.25, -0.2) is 8.42 Å². The molecule has 0 aliphatic carbocycles. The van der Waals surface area contributed by atoms with Crippen LogP contribution in [0.5, 0.6) is 11.5 Å². The van der Waals surface area contributed by atoms with E-state index in [0.717, 1.165) is 0 Å². The van der Waals surface area contributed by atoms with Gasteiger partial charge in [0.1, 0.15) is 13.2 Å². The van der Waals surface area contributed by atoms with Crippen molar-refractivity contribution < 1.29 is 17.9 Å². The second kappa shape index (κ2) is 6.29. The summed E-state index contributed by atoms with van der Waals surface area (Å²) in [4.78, 5) is 0.142. The SMILES string of the molecule is CCN(c1ccccc1Cl)S(=O)(=O)c1ccc2c(c1)OCCO2. The number of sulfonamides is 1. The summed E-state index contributed by atoms with van der Waals surface area (Å²) in [5.41, 5.74) is 0.451. The van der Waals surface area contributed by atoms with Crippen LogP contribution in [0.1, 0.15) is 6.92 Å². The van der Waals surface area contributed by atoms with Crippen LogP contribution in [0.15, 0.2) is 47.4 Å². The molecule has 0 unspecified atom stereocenters. The van der Waals surface area contributed by atoms with Crippen LogP contribution in [-0.4, -0.2) is 28.2 Å². The standard InChI is InChI=1S/C16H16ClNO4S/c1-2-18(14-6-4-3-5-13(14)17)23(19,20)12-7-8-15-16(11-12)22-10-9-21-15/h3-8,11H,2,9-10H2,1H3. The summed E-state index contributed by atoms with van der Waals surface area (Å²) in [5, 5.41) is 0.385. The Labute approximate surface area is 140 Å². The molecule has 0 bridgehead atoms. The fourth-order valence-electron chi connectivity index (χ4n) is 2.44. The van der Waals surface area contributed by atoms with Crippen molar-refractivity contribution in [2.45, 2.75) is 11.8 Å². The molecule has 0 saturated heterocycles. The molecule has 122 valence electrons. The summed E-state index contributed by atoms with van der Waals surface area (Å²) in [5.74, 6) is 0.989. The third kappa shape index (κ3) is 2.96. The zero-order valence-electron chi connectivity index (χ0n) is 12.5. The fourth-order valence-corrected chi connectivity index (χ4v) is 4.23. The Morgan fingerprint density at radius 3 is 2.48 bits per heavy atom. The van der Waals surface area contributed by atoms with Crippen molar-refractivity contribution >= 4 is 27.3 Å². The highest BCUT2D eigenvalue weighted by Crippen LogP contribution is 2.35. The molecular formula is C16H16ClNO4S. The lowest BCUT2D eigenvalue weighted by Gasteiger charge is -2.25. The number of anilines is 1. The van der Waals surface area contributed by atoms with Gasteiger partial charge in [0, 0.05) is 12.6 Å². The van der Waals surface area contributed by atoms with Crippen molar-refractivity contribution in [3.8, 4) is 11.5 Å². The molecule has 0 aromatic heterocycles. The van der Waals surface area contributed by atoms with Gasteiger partial charge in [-0.3, -0.25) is 4.31 Å². The molecule has 0 fully saturated rings. The van der Waals surface area contributed by atoms with Gasteiger partial charge in [-0.05, 0) is 31.2 Å². The van der Waals surface area contributed by atoms with Crippen molar-refractivity contribution in [3.05, 3.63) is 47.5 Å². The average molecular weight is 354 g/mol. The van der Waals surface area contributed by atoms with Gasteiger partial charge in [0.15, 0.2) is 11.5 Å². The Morgan fingerprint density at radius 2 is 1.78 bits per heavy atom. The number of benzene rings is 2. The van der Waals surface area contributed by atoms with Crippen LogP contribution in [0.3, 0.4) is 0 Å². The molecular weight excluding hydrogens is 338 g/mol.